The van der Waals surface area contributed by atoms with E-state index in [-0.39, 0.29) is 17.2 Å². The monoisotopic (exact) mass is 387 g/mol. The Bertz CT molecular complexity index is 734. The lowest BCUT2D eigenvalue weighted by atomic mass is 9.97. The van der Waals surface area contributed by atoms with E-state index in [4.69, 9.17) is 9.47 Å². The first-order valence-electron chi connectivity index (χ1n) is 9.18. The third-order valence-corrected chi connectivity index (χ3v) is 5.36. The van der Waals surface area contributed by atoms with E-state index in [1.165, 1.54) is 11.8 Å². The van der Waals surface area contributed by atoms with Gasteiger partial charge in [-0.2, -0.15) is 0 Å². The normalized spacial score (nSPS) is 13.1. The molecule has 2 rings (SSSR count). The molecule has 1 N–H and O–H groups in total. The summed E-state index contributed by atoms with van der Waals surface area (Å²) in [7, 11) is 3.22. The largest absolute Gasteiger partial charge is 0.493 e. The standard InChI is InChI=1S/C22H29NO3S/c1-15(2)13-19(17-9-7-6-8-10-17)23-22(24)16(3)27-18-11-12-20(25-4)21(14-18)26-5/h6-12,14-16,19H,13H2,1-5H3,(H,23,24)/t16-,19-/m0/s1. The summed E-state index contributed by atoms with van der Waals surface area (Å²) in [5.41, 5.74) is 1.14. The molecule has 0 aromatic heterocycles. The zero-order chi connectivity index (χ0) is 19.8. The molecule has 2 aromatic carbocycles. The predicted molar refractivity (Wildman–Crippen MR) is 112 cm³/mol. The van der Waals surface area contributed by atoms with Crippen LogP contribution in [0.25, 0.3) is 0 Å². The lowest BCUT2D eigenvalue weighted by Gasteiger charge is -2.23. The maximum Gasteiger partial charge on any atom is 0.233 e. The molecule has 5 heteroatoms. The molecular formula is C22H29NO3S. The Morgan fingerprint density at radius 2 is 1.67 bits per heavy atom. The van der Waals surface area contributed by atoms with Crippen LogP contribution in [0.1, 0.15) is 38.8 Å². The number of ether oxygens (including phenoxy) is 2. The van der Waals surface area contributed by atoms with Crippen molar-refractivity contribution in [3.63, 3.8) is 0 Å². The Hall–Kier alpha value is -2.14. The van der Waals surface area contributed by atoms with E-state index in [1.54, 1.807) is 14.2 Å². The molecule has 0 spiro atoms. The highest BCUT2D eigenvalue weighted by molar-refractivity contribution is 8.00. The van der Waals surface area contributed by atoms with Gasteiger partial charge in [-0.1, -0.05) is 44.2 Å². The number of amides is 1. The van der Waals surface area contributed by atoms with Crippen LogP contribution in [0.15, 0.2) is 53.4 Å². The van der Waals surface area contributed by atoms with Crippen molar-refractivity contribution in [3.05, 3.63) is 54.1 Å². The molecule has 0 bridgehead atoms. The quantitative estimate of drug-likeness (QED) is 0.609. The Morgan fingerprint density at radius 1 is 1.00 bits per heavy atom. The molecule has 2 aromatic rings. The molecule has 0 heterocycles. The molecular weight excluding hydrogens is 358 g/mol. The van der Waals surface area contributed by atoms with Gasteiger partial charge in [0.1, 0.15) is 0 Å². The summed E-state index contributed by atoms with van der Waals surface area (Å²) < 4.78 is 10.6. The second kappa shape index (κ2) is 10.3. The highest BCUT2D eigenvalue weighted by Gasteiger charge is 2.21. The molecule has 0 saturated heterocycles. The van der Waals surface area contributed by atoms with E-state index in [9.17, 15) is 4.79 Å². The predicted octanol–water partition coefficient (Wildman–Crippen LogP) is 5.09. The number of methoxy groups -OCH3 is 2. The number of thioether (sulfide) groups is 1. The highest BCUT2D eigenvalue weighted by atomic mass is 32.2. The minimum Gasteiger partial charge on any atom is -0.493 e. The Kier molecular flexibility index (Phi) is 8.04. The van der Waals surface area contributed by atoms with Gasteiger partial charge in [0.05, 0.1) is 25.5 Å². The van der Waals surface area contributed by atoms with Crippen molar-refractivity contribution in [2.75, 3.05) is 14.2 Å². The van der Waals surface area contributed by atoms with Gasteiger partial charge in [0.15, 0.2) is 11.5 Å². The van der Waals surface area contributed by atoms with E-state index in [2.05, 4.69) is 31.3 Å². The Balaban J connectivity index is 2.07. The lowest BCUT2D eigenvalue weighted by molar-refractivity contribution is -0.121. The van der Waals surface area contributed by atoms with Gasteiger partial charge < -0.3 is 14.8 Å². The van der Waals surface area contributed by atoms with Crippen molar-refractivity contribution in [2.45, 2.75) is 43.4 Å². The third kappa shape index (κ3) is 6.21. The van der Waals surface area contributed by atoms with Crippen LogP contribution in [-0.4, -0.2) is 25.4 Å². The number of nitrogens with one attached hydrogen (secondary N) is 1. The molecule has 0 aliphatic heterocycles. The van der Waals surface area contributed by atoms with Gasteiger partial charge in [-0.15, -0.1) is 11.8 Å². The second-order valence-corrected chi connectivity index (χ2v) is 8.29. The van der Waals surface area contributed by atoms with Crippen LogP contribution >= 0.6 is 11.8 Å². The molecule has 0 saturated carbocycles. The lowest BCUT2D eigenvalue weighted by Crippen LogP contribution is -2.35. The number of rotatable bonds is 9. The van der Waals surface area contributed by atoms with Crippen LogP contribution in [0.4, 0.5) is 0 Å². The summed E-state index contributed by atoms with van der Waals surface area (Å²) in [6.45, 7) is 6.27. The molecule has 0 aliphatic carbocycles. The fraction of sp³-hybridized carbons (Fsp3) is 0.409. The van der Waals surface area contributed by atoms with Crippen LogP contribution in [0.5, 0.6) is 11.5 Å². The van der Waals surface area contributed by atoms with Gasteiger partial charge in [-0.25, -0.2) is 0 Å². The average Bonchev–Trinajstić information content (AvgIpc) is 2.67. The van der Waals surface area contributed by atoms with Crippen LogP contribution in [0.3, 0.4) is 0 Å². The Labute approximate surface area is 166 Å². The fourth-order valence-electron chi connectivity index (χ4n) is 2.87. The molecule has 1 amide bonds. The van der Waals surface area contributed by atoms with Crippen molar-refractivity contribution in [1.82, 2.24) is 5.32 Å². The summed E-state index contributed by atoms with van der Waals surface area (Å²) in [6.07, 6.45) is 0.906. The van der Waals surface area contributed by atoms with Crippen molar-refractivity contribution in [2.24, 2.45) is 5.92 Å². The third-order valence-electron chi connectivity index (χ3n) is 4.26. The van der Waals surface area contributed by atoms with Crippen LogP contribution < -0.4 is 14.8 Å². The Morgan fingerprint density at radius 3 is 2.26 bits per heavy atom. The SMILES string of the molecule is COc1ccc(S[C@@H](C)C(=O)N[C@@H](CC(C)C)c2ccccc2)cc1OC. The zero-order valence-corrected chi connectivity index (χ0v) is 17.5. The van der Waals surface area contributed by atoms with Crippen molar-refractivity contribution in [1.29, 1.82) is 0 Å². The van der Waals surface area contributed by atoms with Gasteiger partial charge in [0, 0.05) is 4.90 Å². The molecule has 0 fully saturated rings. The van der Waals surface area contributed by atoms with E-state index in [1.807, 2.05) is 43.3 Å². The molecule has 0 radical (unpaired) electrons. The van der Waals surface area contributed by atoms with Crippen molar-refractivity contribution < 1.29 is 14.3 Å². The van der Waals surface area contributed by atoms with E-state index >= 15 is 0 Å². The van der Waals surface area contributed by atoms with Crippen LogP contribution in [-0.2, 0) is 4.79 Å². The summed E-state index contributed by atoms with van der Waals surface area (Å²) in [5.74, 6) is 1.87. The second-order valence-electron chi connectivity index (χ2n) is 6.88. The van der Waals surface area contributed by atoms with Crippen LogP contribution in [0.2, 0.25) is 0 Å². The maximum absolute atomic E-state index is 12.8. The highest BCUT2D eigenvalue weighted by Crippen LogP contribution is 2.34. The fourth-order valence-corrected chi connectivity index (χ4v) is 3.78. The zero-order valence-electron chi connectivity index (χ0n) is 16.7. The molecule has 2 atom stereocenters. The van der Waals surface area contributed by atoms with Gasteiger partial charge in [0.2, 0.25) is 5.91 Å². The molecule has 0 unspecified atom stereocenters. The van der Waals surface area contributed by atoms with Crippen molar-refractivity contribution >= 4 is 17.7 Å². The molecule has 4 nitrogen and oxygen atoms in total. The summed E-state index contributed by atoms with van der Waals surface area (Å²) in [4.78, 5) is 13.8. The first kappa shape index (κ1) is 21.2. The van der Waals surface area contributed by atoms with E-state index in [0.29, 0.717) is 17.4 Å². The topological polar surface area (TPSA) is 47.6 Å². The summed E-state index contributed by atoms with van der Waals surface area (Å²) in [5, 5.41) is 3.00. The number of hydrogen-bond donors (Lipinski definition) is 1. The molecule has 146 valence electrons. The van der Waals surface area contributed by atoms with Crippen LogP contribution in [0, 0.1) is 5.92 Å². The molecule has 0 aliphatic rings. The minimum absolute atomic E-state index is 0.0205. The van der Waals surface area contributed by atoms with Gasteiger partial charge in [0.25, 0.3) is 0 Å². The number of carbonyl (C=O) groups is 1. The summed E-state index contributed by atoms with van der Waals surface area (Å²) in [6, 6.07) is 15.9. The van der Waals surface area contributed by atoms with E-state index < -0.39 is 0 Å². The number of carbonyl (C=O) groups excluding carboxylic acids is 1. The van der Waals surface area contributed by atoms with Gasteiger partial charge in [-0.05, 0) is 43.0 Å². The number of hydrogen-bond acceptors (Lipinski definition) is 4. The first-order valence-corrected chi connectivity index (χ1v) is 10.1. The maximum atomic E-state index is 12.8. The minimum atomic E-state index is -0.221. The summed E-state index contributed by atoms with van der Waals surface area (Å²) >= 11 is 1.51. The molecule has 27 heavy (non-hydrogen) atoms. The van der Waals surface area contributed by atoms with Gasteiger partial charge in [-0.3, -0.25) is 4.79 Å². The van der Waals surface area contributed by atoms with E-state index in [0.717, 1.165) is 16.9 Å². The van der Waals surface area contributed by atoms with Gasteiger partial charge >= 0.3 is 0 Å². The average molecular weight is 388 g/mol. The first-order chi connectivity index (χ1) is 12.9. The smallest absolute Gasteiger partial charge is 0.233 e. The number of benzene rings is 2. The van der Waals surface area contributed by atoms with Crippen molar-refractivity contribution in [3.8, 4) is 11.5 Å².